The predicted octanol–water partition coefficient (Wildman–Crippen LogP) is 2.89. The normalized spacial score (nSPS) is 10.6. The number of carbonyl (C=O) groups excluding carboxylic acids is 1. The zero-order valence-electron chi connectivity index (χ0n) is 13.0. The summed E-state index contributed by atoms with van der Waals surface area (Å²) >= 11 is 0. The summed E-state index contributed by atoms with van der Waals surface area (Å²) in [6, 6.07) is 9.86. The van der Waals surface area contributed by atoms with Crippen molar-refractivity contribution in [2.24, 2.45) is 5.10 Å². The van der Waals surface area contributed by atoms with E-state index in [1.165, 1.54) is 6.07 Å². The fraction of sp³-hybridized carbons (Fsp3) is 0.176. The number of hydrogen-bond donors (Lipinski definition) is 1. The van der Waals surface area contributed by atoms with Crippen molar-refractivity contribution in [1.29, 1.82) is 0 Å². The van der Waals surface area contributed by atoms with Gasteiger partial charge in [0.1, 0.15) is 23.1 Å². The maximum Gasteiger partial charge on any atom is 0.277 e. The summed E-state index contributed by atoms with van der Waals surface area (Å²) in [4.78, 5) is 11.6. The number of hydrazone groups is 1. The number of hydrogen-bond acceptors (Lipinski definition) is 4. The molecule has 2 rings (SSSR count). The maximum absolute atomic E-state index is 13.4. The van der Waals surface area contributed by atoms with Crippen LogP contribution in [0.3, 0.4) is 0 Å². The van der Waals surface area contributed by atoms with E-state index in [4.69, 9.17) is 9.47 Å². The van der Waals surface area contributed by atoms with Crippen molar-refractivity contribution in [3.63, 3.8) is 0 Å². The molecule has 0 heterocycles. The van der Waals surface area contributed by atoms with Crippen LogP contribution in [0.2, 0.25) is 0 Å². The summed E-state index contributed by atoms with van der Waals surface area (Å²) in [5, 5.41) is 3.60. The van der Waals surface area contributed by atoms with Crippen LogP contribution in [0, 0.1) is 11.6 Å². The molecule has 0 unspecified atom stereocenters. The second-order valence-corrected chi connectivity index (χ2v) is 4.65. The Balaban J connectivity index is 1.79. The lowest BCUT2D eigenvalue weighted by molar-refractivity contribution is -0.123. The van der Waals surface area contributed by atoms with Crippen LogP contribution in [0.5, 0.6) is 11.5 Å². The topological polar surface area (TPSA) is 59.9 Å². The van der Waals surface area contributed by atoms with E-state index in [1.54, 1.807) is 24.3 Å². The standard InChI is InChI=1S/C17H16F2N2O3/c1-2-23-14-5-7-15(8-6-14)24-11-17(22)21-20-10-12-3-4-13(18)9-16(12)19/h3-10H,2,11H2,1H3,(H,21,22)/b20-10-. The van der Waals surface area contributed by atoms with Crippen molar-refractivity contribution in [1.82, 2.24) is 5.43 Å². The van der Waals surface area contributed by atoms with Crippen LogP contribution >= 0.6 is 0 Å². The van der Waals surface area contributed by atoms with Crippen molar-refractivity contribution in [2.45, 2.75) is 6.92 Å². The number of carbonyl (C=O) groups is 1. The molecule has 2 aromatic carbocycles. The minimum Gasteiger partial charge on any atom is -0.494 e. The van der Waals surface area contributed by atoms with Gasteiger partial charge in [0.2, 0.25) is 0 Å². The van der Waals surface area contributed by atoms with Gasteiger partial charge >= 0.3 is 0 Å². The third-order valence-corrected chi connectivity index (χ3v) is 2.86. The van der Waals surface area contributed by atoms with Gasteiger partial charge in [-0.3, -0.25) is 4.79 Å². The van der Waals surface area contributed by atoms with E-state index in [0.29, 0.717) is 18.1 Å². The van der Waals surface area contributed by atoms with E-state index in [0.717, 1.165) is 18.3 Å². The Morgan fingerprint density at radius 1 is 1.12 bits per heavy atom. The maximum atomic E-state index is 13.4. The second kappa shape index (κ2) is 8.61. The van der Waals surface area contributed by atoms with E-state index in [1.807, 2.05) is 6.92 Å². The van der Waals surface area contributed by atoms with E-state index < -0.39 is 17.5 Å². The average Bonchev–Trinajstić information content (AvgIpc) is 2.56. The molecule has 0 aromatic heterocycles. The Hall–Kier alpha value is -2.96. The average molecular weight is 334 g/mol. The fourth-order valence-corrected chi connectivity index (χ4v) is 1.76. The third-order valence-electron chi connectivity index (χ3n) is 2.86. The smallest absolute Gasteiger partial charge is 0.277 e. The first-order chi connectivity index (χ1) is 11.6. The number of nitrogens with one attached hydrogen (secondary N) is 1. The van der Waals surface area contributed by atoms with E-state index in [-0.39, 0.29) is 12.2 Å². The summed E-state index contributed by atoms with van der Waals surface area (Å²) in [5.41, 5.74) is 2.25. The van der Waals surface area contributed by atoms with Gasteiger partial charge in [-0.05, 0) is 43.3 Å². The Labute approximate surface area is 137 Å². The molecule has 7 heteroatoms. The highest BCUT2D eigenvalue weighted by Crippen LogP contribution is 2.17. The van der Waals surface area contributed by atoms with Crippen LogP contribution in [0.1, 0.15) is 12.5 Å². The second-order valence-electron chi connectivity index (χ2n) is 4.65. The summed E-state index contributed by atoms with van der Waals surface area (Å²) in [6.45, 7) is 2.19. The first-order valence-electron chi connectivity index (χ1n) is 7.21. The lowest BCUT2D eigenvalue weighted by Gasteiger charge is -2.06. The minimum absolute atomic E-state index is 0.0594. The van der Waals surface area contributed by atoms with E-state index in [2.05, 4.69) is 10.5 Å². The summed E-state index contributed by atoms with van der Waals surface area (Å²) < 4.78 is 36.7. The van der Waals surface area contributed by atoms with Crippen molar-refractivity contribution in [3.8, 4) is 11.5 Å². The first-order valence-corrected chi connectivity index (χ1v) is 7.21. The summed E-state index contributed by atoms with van der Waals surface area (Å²) in [5.74, 6) is -0.749. The van der Waals surface area contributed by atoms with Gasteiger partial charge in [0.15, 0.2) is 6.61 Å². The fourth-order valence-electron chi connectivity index (χ4n) is 1.76. The van der Waals surface area contributed by atoms with E-state index in [9.17, 15) is 13.6 Å². The Morgan fingerprint density at radius 2 is 1.79 bits per heavy atom. The molecule has 0 aliphatic rings. The third kappa shape index (κ3) is 5.35. The molecule has 24 heavy (non-hydrogen) atoms. The molecule has 0 radical (unpaired) electrons. The number of amides is 1. The number of ether oxygens (including phenoxy) is 2. The molecule has 0 atom stereocenters. The quantitative estimate of drug-likeness (QED) is 0.626. The van der Waals surface area contributed by atoms with Crippen molar-refractivity contribution in [2.75, 3.05) is 13.2 Å². The largest absolute Gasteiger partial charge is 0.494 e. The highest BCUT2D eigenvalue weighted by molar-refractivity contribution is 5.83. The predicted molar refractivity (Wildman–Crippen MR) is 85.2 cm³/mol. The Bertz CT molecular complexity index is 718. The Morgan fingerprint density at radius 3 is 2.42 bits per heavy atom. The molecule has 0 spiro atoms. The molecule has 1 N–H and O–H groups in total. The van der Waals surface area contributed by atoms with Crippen LogP contribution < -0.4 is 14.9 Å². The van der Waals surface area contributed by atoms with Gasteiger partial charge in [-0.15, -0.1) is 0 Å². The van der Waals surface area contributed by atoms with Gasteiger partial charge in [0, 0.05) is 11.6 Å². The van der Waals surface area contributed by atoms with Gasteiger partial charge in [-0.1, -0.05) is 0 Å². The zero-order chi connectivity index (χ0) is 17.4. The van der Waals surface area contributed by atoms with Gasteiger partial charge in [0.25, 0.3) is 5.91 Å². The highest BCUT2D eigenvalue weighted by Gasteiger charge is 2.03. The van der Waals surface area contributed by atoms with Gasteiger partial charge in [-0.25, -0.2) is 14.2 Å². The summed E-state index contributed by atoms with van der Waals surface area (Å²) in [6.07, 6.45) is 1.09. The van der Waals surface area contributed by atoms with Gasteiger partial charge in [0.05, 0.1) is 12.8 Å². The van der Waals surface area contributed by atoms with Crippen molar-refractivity contribution < 1.29 is 23.0 Å². The van der Waals surface area contributed by atoms with Crippen LogP contribution in [0.15, 0.2) is 47.6 Å². The van der Waals surface area contributed by atoms with E-state index >= 15 is 0 Å². The summed E-state index contributed by atoms with van der Waals surface area (Å²) in [7, 11) is 0. The number of rotatable bonds is 7. The number of benzene rings is 2. The highest BCUT2D eigenvalue weighted by atomic mass is 19.1. The molecule has 0 saturated carbocycles. The zero-order valence-corrected chi connectivity index (χ0v) is 13.0. The minimum atomic E-state index is -0.765. The molecule has 5 nitrogen and oxygen atoms in total. The van der Waals surface area contributed by atoms with Gasteiger partial charge in [-0.2, -0.15) is 5.10 Å². The number of halogens is 2. The van der Waals surface area contributed by atoms with Crippen LogP contribution in [-0.4, -0.2) is 25.3 Å². The van der Waals surface area contributed by atoms with Crippen LogP contribution in [0.4, 0.5) is 8.78 Å². The molecule has 1 amide bonds. The molecule has 126 valence electrons. The van der Waals surface area contributed by atoms with Crippen LogP contribution in [-0.2, 0) is 4.79 Å². The molecule has 0 fully saturated rings. The molecule has 0 aliphatic heterocycles. The molecular weight excluding hydrogens is 318 g/mol. The van der Waals surface area contributed by atoms with Gasteiger partial charge < -0.3 is 9.47 Å². The molecule has 0 bridgehead atoms. The molecule has 0 aliphatic carbocycles. The SMILES string of the molecule is CCOc1ccc(OCC(=O)N/N=C\c2ccc(F)cc2F)cc1. The lowest BCUT2D eigenvalue weighted by Crippen LogP contribution is -2.24. The first kappa shape index (κ1) is 17.4. The molecular formula is C17H16F2N2O3. The van der Waals surface area contributed by atoms with Crippen molar-refractivity contribution >= 4 is 12.1 Å². The Kier molecular flexibility index (Phi) is 6.24. The monoisotopic (exact) mass is 334 g/mol. The molecule has 0 saturated heterocycles. The lowest BCUT2D eigenvalue weighted by atomic mass is 10.2. The molecule has 2 aromatic rings. The van der Waals surface area contributed by atoms with Crippen molar-refractivity contribution in [3.05, 3.63) is 59.7 Å². The van der Waals surface area contributed by atoms with Crippen LogP contribution in [0.25, 0.3) is 0 Å². The number of nitrogens with zero attached hydrogens (tertiary/aromatic N) is 1.